The third kappa shape index (κ3) is 3.83. The van der Waals surface area contributed by atoms with Crippen molar-refractivity contribution in [2.24, 2.45) is 0 Å². The molecule has 4 rings (SSSR count). The highest BCUT2D eigenvalue weighted by Gasteiger charge is 2.25. The second-order valence-electron chi connectivity index (χ2n) is 7.01. The van der Waals surface area contributed by atoms with E-state index in [0.717, 1.165) is 27.6 Å². The summed E-state index contributed by atoms with van der Waals surface area (Å²) >= 11 is 0. The van der Waals surface area contributed by atoms with Crippen molar-refractivity contribution < 1.29 is 13.3 Å². The summed E-state index contributed by atoms with van der Waals surface area (Å²) in [7, 11) is -3.94. The van der Waals surface area contributed by atoms with E-state index >= 15 is 0 Å². The molecule has 0 fully saturated rings. The normalized spacial score (nSPS) is 12.7. The van der Waals surface area contributed by atoms with Crippen molar-refractivity contribution >= 4 is 26.6 Å². The Morgan fingerprint density at radius 2 is 1.63 bits per heavy atom. The lowest BCUT2D eigenvalue weighted by Gasteiger charge is -2.19. The first-order valence-electron chi connectivity index (χ1n) is 9.24. The fourth-order valence-electron chi connectivity index (χ4n) is 3.37. The van der Waals surface area contributed by atoms with Crippen LogP contribution in [-0.2, 0) is 10.0 Å². The molecule has 1 heterocycles. The first-order valence-corrected chi connectivity index (χ1v) is 10.7. The van der Waals surface area contributed by atoms with Gasteiger partial charge in [0.05, 0.1) is 15.9 Å². The molecule has 0 radical (unpaired) electrons. The summed E-state index contributed by atoms with van der Waals surface area (Å²) in [6, 6.07) is 19.5. The van der Waals surface area contributed by atoms with Crippen LogP contribution in [0.1, 0.15) is 22.7 Å². The minimum absolute atomic E-state index is 0.0370. The zero-order chi connectivity index (χ0) is 21.3. The number of nitro groups is 1. The average Bonchev–Trinajstić information content (AvgIpc) is 3.17. The fraction of sp³-hybridized carbons (Fsp3) is 0.0909. The molecule has 0 aliphatic heterocycles. The first kappa shape index (κ1) is 19.8. The number of H-pyrrole nitrogens is 1. The molecule has 0 spiro atoms. The smallest absolute Gasteiger partial charge is 0.269 e. The van der Waals surface area contributed by atoms with Gasteiger partial charge >= 0.3 is 0 Å². The second-order valence-corrected chi connectivity index (χ2v) is 8.72. The SMILES string of the molecule is Cc1ccc([C@@H](NS(=O)(=O)c2ccc([N+](=O)[O-])cc2)c2c[nH]c3ccccc23)cc1. The van der Waals surface area contributed by atoms with Crippen molar-refractivity contribution in [2.75, 3.05) is 0 Å². The molecule has 1 aromatic heterocycles. The fourth-order valence-corrected chi connectivity index (χ4v) is 4.58. The number of fused-ring (bicyclic) bond motifs is 1. The number of benzene rings is 3. The molecule has 2 N–H and O–H groups in total. The molecule has 1 atom stereocenters. The van der Waals surface area contributed by atoms with Crippen LogP contribution in [0.2, 0.25) is 0 Å². The summed E-state index contributed by atoms with van der Waals surface area (Å²) in [5.74, 6) is 0. The molecule has 0 unspecified atom stereocenters. The van der Waals surface area contributed by atoms with Crippen molar-refractivity contribution in [1.82, 2.24) is 9.71 Å². The maximum absolute atomic E-state index is 13.1. The van der Waals surface area contributed by atoms with Gasteiger partial charge in [-0.25, -0.2) is 8.42 Å². The summed E-state index contributed by atoms with van der Waals surface area (Å²) < 4.78 is 29.0. The van der Waals surface area contributed by atoms with Crippen molar-refractivity contribution in [2.45, 2.75) is 17.9 Å². The lowest BCUT2D eigenvalue weighted by molar-refractivity contribution is -0.384. The third-order valence-electron chi connectivity index (χ3n) is 4.97. The molecule has 0 aliphatic rings. The van der Waals surface area contributed by atoms with Crippen LogP contribution < -0.4 is 4.72 Å². The largest absolute Gasteiger partial charge is 0.361 e. The average molecular weight is 421 g/mol. The number of nitro benzene ring substituents is 1. The quantitative estimate of drug-likeness (QED) is 0.354. The van der Waals surface area contributed by atoms with Crippen LogP contribution >= 0.6 is 0 Å². The van der Waals surface area contributed by atoms with Crippen molar-refractivity contribution in [3.63, 3.8) is 0 Å². The second kappa shape index (κ2) is 7.74. The predicted octanol–water partition coefficient (Wildman–Crippen LogP) is 4.45. The molecule has 152 valence electrons. The zero-order valence-corrected chi connectivity index (χ0v) is 16.9. The number of hydrogen-bond donors (Lipinski definition) is 2. The molecule has 3 aromatic carbocycles. The molecule has 0 bridgehead atoms. The number of aromatic amines is 1. The molecule has 30 heavy (non-hydrogen) atoms. The minimum atomic E-state index is -3.94. The molecule has 4 aromatic rings. The molecule has 0 saturated carbocycles. The Balaban J connectivity index is 1.78. The van der Waals surface area contributed by atoms with Crippen molar-refractivity contribution in [3.05, 3.63) is 106 Å². The number of aromatic nitrogens is 1. The summed E-state index contributed by atoms with van der Waals surface area (Å²) in [4.78, 5) is 13.5. The Morgan fingerprint density at radius 3 is 2.30 bits per heavy atom. The van der Waals surface area contributed by atoms with Gasteiger partial charge in [-0.15, -0.1) is 0 Å². The zero-order valence-electron chi connectivity index (χ0n) is 16.1. The van der Waals surface area contributed by atoms with E-state index in [-0.39, 0.29) is 10.6 Å². The van der Waals surface area contributed by atoms with E-state index in [9.17, 15) is 18.5 Å². The van der Waals surface area contributed by atoms with E-state index < -0.39 is 21.0 Å². The van der Waals surface area contributed by atoms with Gasteiger partial charge in [0.1, 0.15) is 0 Å². The molecular weight excluding hydrogens is 402 g/mol. The Labute approximate surface area is 173 Å². The number of nitrogens with one attached hydrogen (secondary N) is 2. The van der Waals surface area contributed by atoms with Crippen LogP contribution in [0.25, 0.3) is 10.9 Å². The molecule has 0 aliphatic carbocycles. The molecular formula is C22H19N3O4S. The highest BCUT2D eigenvalue weighted by atomic mass is 32.2. The van der Waals surface area contributed by atoms with Gasteiger partial charge in [-0.3, -0.25) is 10.1 Å². The maximum atomic E-state index is 13.1. The Kier molecular flexibility index (Phi) is 5.11. The number of para-hydroxylation sites is 1. The van der Waals surface area contributed by atoms with Gasteiger partial charge in [0, 0.05) is 29.2 Å². The van der Waals surface area contributed by atoms with Gasteiger partial charge in [0.2, 0.25) is 10.0 Å². The lowest BCUT2D eigenvalue weighted by atomic mass is 9.98. The van der Waals surface area contributed by atoms with Crippen LogP contribution in [0.3, 0.4) is 0 Å². The van der Waals surface area contributed by atoms with Gasteiger partial charge in [-0.2, -0.15) is 4.72 Å². The van der Waals surface area contributed by atoms with Crippen LogP contribution in [0.5, 0.6) is 0 Å². The Bertz CT molecular complexity index is 1310. The Hall–Kier alpha value is -3.49. The molecule has 7 nitrogen and oxygen atoms in total. The van der Waals surface area contributed by atoms with E-state index in [2.05, 4.69) is 9.71 Å². The predicted molar refractivity (Wildman–Crippen MR) is 115 cm³/mol. The van der Waals surface area contributed by atoms with E-state index in [1.165, 1.54) is 24.3 Å². The number of sulfonamides is 1. The van der Waals surface area contributed by atoms with Gasteiger partial charge in [0.15, 0.2) is 0 Å². The summed E-state index contributed by atoms with van der Waals surface area (Å²) in [6.45, 7) is 1.96. The monoisotopic (exact) mass is 421 g/mol. The van der Waals surface area contributed by atoms with Gasteiger partial charge in [-0.1, -0.05) is 48.0 Å². The number of hydrogen-bond acceptors (Lipinski definition) is 4. The van der Waals surface area contributed by atoms with E-state index in [0.29, 0.717) is 0 Å². The van der Waals surface area contributed by atoms with Crippen LogP contribution in [0.4, 0.5) is 5.69 Å². The van der Waals surface area contributed by atoms with E-state index in [1.807, 2.05) is 55.5 Å². The van der Waals surface area contributed by atoms with Crippen LogP contribution in [0, 0.1) is 17.0 Å². The van der Waals surface area contributed by atoms with Gasteiger partial charge in [-0.05, 0) is 36.2 Å². The highest BCUT2D eigenvalue weighted by Crippen LogP contribution is 2.31. The first-order chi connectivity index (χ1) is 14.3. The van der Waals surface area contributed by atoms with Crippen molar-refractivity contribution in [3.8, 4) is 0 Å². The highest BCUT2D eigenvalue weighted by molar-refractivity contribution is 7.89. The maximum Gasteiger partial charge on any atom is 0.269 e. The molecule has 8 heteroatoms. The van der Waals surface area contributed by atoms with Gasteiger partial charge in [0.25, 0.3) is 5.69 Å². The number of non-ortho nitro benzene ring substituents is 1. The lowest BCUT2D eigenvalue weighted by Crippen LogP contribution is -2.29. The Morgan fingerprint density at radius 1 is 0.967 bits per heavy atom. The van der Waals surface area contributed by atoms with Crippen LogP contribution in [-0.4, -0.2) is 18.3 Å². The summed E-state index contributed by atoms with van der Waals surface area (Å²) in [5, 5.41) is 11.8. The van der Waals surface area contributed by atoms with Gasteiger partial charge < -0.3 is 4.98 Å². The standard InChI is InChI=1S/C22H19N3O4S/c1-15-6-8-16(9-7-15)22(20-14-23-21-5-3-2-4-19(20)21)24-30(28,29)18-12-10-17(11-13-18)25(26)27/h2-14,22-24H,1H3/t22-/m1/s1. The number of nitrogens with zero attached hydrogens (tertiary/aromatic N) is 1. The van der Waals surface area contributed by atoms with Crippen LogP contribution in [0.15, 0.2) is 83.9 Å². The summed E-state index contributed by atoms with van der Waals surface area (Å²) in [6.07, 6.45) is 1.80. The van der Waals surface area contributed by atoms with E-state index in [1.54, 1.807) is 6.20 Å². The van der Waals surface area contributed by atoms with Crippen molar-refractivity contribution in [1.29, 1.82) is 0 Å². The topological polar surface area (TPSA) is 105 Å². The third-order valence-corrected chi connectivity index (χ3v) is 6.41. The van der Waals surface area contributed by atoms with E-state index in [4.69, 9.17) is 0 Å². The summed E-state index contributed by atoms with van der Waals surface area (Å²) in [5.41, 5.74) is 3.38. The molecule has 0 saturated heterocycles. The number of aryl methyl sites for hydroxylation is 1. The minimum Gasteiger partial charge on any atom is -0.361 e. The number of rotatable bonds is 6. The molecule has 0 amide bonds.